The third-order valence-corrected chi connectivity index (χ3v) is 4.52. The summed E-state index contributed by atoms with van der Waals surface area (Å²) >= 11 is 0. The fraction of sp³-hybridized carbons (Fsp3) is 0.588. The lowest BCUT2D eigenvalue weighted by atomic mass is 9.81. The van der Waals surface area contributed by atoms with Gasteiger partial charge in [0.1, 0.15) is 6.04 Å². The highest BCUT2D eigenvalue weighted by Crippen LogP contribution is 2.40. The molecule has 0 amide bonds. The van der Waals surface area contributed by atoms with Gasteiger partial charge >= 0.3 is 5.97 Å². The van der Waals surface area contributed by atoms with Crippen molar-refractivity contribution in [1.82, 2.24) is 5.32 Å². The van der Waals surface area contributed by atoms with E-state index >= 15 is 0 Å². The predicted octanol–water partition coefficient (Wildman–Crippen LogP) is 3.34. The van der Waals surface area contributed by atoms with Crippen molar-refractivity contribution in [2.45, 2.75) is 63.5 Å². The van der Waals surface area contributed by atoms with Gasteiger partial charge in [-0.15, -0.1) is 0 Å². The molecule has 3 atom stereocenters. The topological polar surface area (TPSA) is 49.3 Å². The van der Waals surface area contributed by atoms with E-state index in [1.54, 1.807) is 0 Å². The number of nitrogens with one attached hydrogen (secondary N) is 1. The van der Waals surface area contributed by atoms with Crippen LogP contribution in [0.4, 0.5) is 0 Å². The second-order valence-electron chi connectivity index (χ2n) is 6.21. The minimum Gasteiger partial charge on any atom is -0.480 e. The molecular weight excluding hydrogens is 250 g/mol. The Morgan fingerprint density at radius 1 is 1.45 bits per heavy atom. The molecule has 2 rings (SSSR count). The first-order valence-corrected chi connectivity index (χ1v) is 7.59. The Kier molecular flexibility index (Phi) is 4.81. The maximum atomic E-state index is 11.2. The number of hydrogen-bond acceptors (Lipinski definition) is 2. The number of aliphatic carboxylic acids is 1. The first kappa shape index (κ1) is 15.0. The average Bonchev–Trinajstić information content (AvgIpc) is 2.82. The highest BCUT2D eigenvalue weighted by molar-refractivity contribution is 5.73. The van der Waals surface area contributed by atoms with Gasteiger partial charge in [0.2, 0.25) is 0 Å². The van der Waals surface area contributed by atoms with Gasteiger partial charge in [0.25, 0.3) is 0 Å². The number of carbonyl (C=O) groups is 1. The van der Waals surface area contributed by atoms with Gasteiger partial charge in [-0.1, -0.05) is 50.6 Å². The van der Waals surface area contributed by atoms with Gasteiger partial charge in [-0.25, -0.2) is 0 Å². The molecule has 0 aliphatic heterocycles. The SMILES string of the molecule is CCCC(NC1CCC(C)(c2ccccc2)C1)C(=O)O. The summed E-state index contributed by atoms with van der Waals surface area (Å²) in [5, 5.41) is 12.6. The molecule has 0 heterocycles. The number of benzene rings is 1. The largest absolute Gasteiger partial charge is 0.480 e. The summed E-state index contributed by atoms with van der Waals surface area (Å²) in [4.78, 5) is 11.2. The number of hydrogen-bond donors (Lipinski definition) is 2. The van der Waals surface area contributed by atoms with Gasteiger partial charge in [-0.05, 0) is 36.7 Å². The zero-order valence-corrected chi connectivity index (χ0v) is 12.4. The van der Waals surface area contributed by atoms with Crippen molar-refractivity contribution in [3.63, 3.8) is 0 Å². The van der Waals surface area contributed by atoms with Crippen molar-refractivity contribution in [2.24, 2.45) is 0 Å². The van der Waals surface area contributed by atoms with Gasteiger partial charge in [0.05, 0.1) is 0 Å². The molecule has 110 valence electrons. The molecule has 1 aromatic carbocycles. The second kappa shape index (κ2) is 6.40. The van der Waals surface area contributed by atoms with Crippen LogP contribution in [0.5, 0.6) is 0 Å². The van der Waals surface area contributed by atoms with Gasteiger partial charge < -0.3 is 10.4 Å². The smallest absolute Gasteiger partial charge is 0.320 e. The lowest BCUT2D eigenvalue weighted by molar-refractivity contribution is -0.139. The molecular formula is C17H25NO2. The fourth-order valence-electron chi connectivity index (χ4n) is 3.34. The van der Waals surface area contributed by atoms with Gasteiger partial charge in [0.15, 0.2) is 0 Å². The quantitative estimate of drug-likeness (QED) is 0.837. The van der Waals surface area contributed by atoms with Gasteiger partial charge in [-0.2, -0.15) is 0 Å². The van der Waals surface area contributed by atoms with E-state index in [0.717, 1.165) is 25.7 Å². The summed E-state index contributed by atoms with van der Waals surface area (Å²) in [5.41, 5.74) is 1.54. The first-order valence-electron chi connectivity index (χ1n) is 7.59. The van der Waals surface area contributed by atoms with Crippen LogP contribution < -0.4 is 5.32 Å². The van der Waals surface area contributed by atoms with Crippen LogP contribution in [0.1, 0.15) is 51.5 Å². The zero-order valence-electron chi connectivity index (χ0n) is 12.4. The van der Waals surface area contributed by atoms with Crippen molar-refractivity contribution in [3.8, 4) is 0 Å². The highest BCUT2D eigenvalue weighted by Gasteiger charge is 2.37. The lowest BCUT2D eigenvalue weighted by Crippen LogP contribution is -2.42. The van der Waals surface area contributed by atoms with E-state index in [0.29, 0.717) is 12.5 Å². The molecule has 0 radical (unpaired) electrons. The molecule has 0 spiro atoms. The molecule has 1 saturated carbocycles. The molecule has 1 aliphatic carbocycles. The van der Waals surface area contributed by atoms with E-state index in [4.69, 9.17) is 0 Å². The van der Waals surface area contributed by atoms with Crippen LogP contribution in [0.3, 0.4) is 0 Å². The highest BCUT2D eigenvalue weighted by atomic mass is 16.4. The Labute approximate surface area is 121 Å². The Morgan fingerprint density at radius 2 is 2.15 bits per heavy atom. The van der Waals surface area contributed by atoms with Crippen molar-refractivity contribution in [1.29, 1.82) is 0 Å². The Bertz CT molecular complexity index is 446. The maximum Gasteiger partial charge on any atom is 0.320 e. The van der Waals surface area contributed by atoms with E-state index < -0.39 is 12.0 Å². The van der Waals surface area contributed by atoms with E-state index in [2.05, 4.69) is 36.5 Å². The predicted molar refractivity (Wildman–Crippen MR) is 80.9 cm³/mol. The van der Waals surface area contributed by atoms with Crippen molar-refractivity contribution in [2.75, 3.05) is 0 Å². The van der Waals surface area contributed by atoms with Crippen LogP contribution >= 0.6 is 0 Å². The summed E-state index contributed by atoms with van der Waals surface area (Å²) in [6.45, 7) is 4.32. The lowest BCUT2D eigenvalue weighted by Gasteiger charge is -2.26. The molecule has 0 bridgehead atoms. The minimum absolute atomic E-state index is 0.175. The third-order valence-electron chi connectivity index (χ3n) is 4.52. The molecule has 20 heavy (non-hydrogen) atoms. The van der Waals surface area contributed by atoms with Crippen molar-refractivity contribution in [3.05, 3.63) is 35.9 Å². The van der Waals surface area contributed by atoms with Crippen LogP contribution in [0, 0.1) is 0 Å². The fourth-order valence-corrected chi connectivity index (χ4v) is 3.34. The molecule has 1 aromatic rings. The van der Waals surface area contributed by atoms with Gasteiger partial charge in [0, 0.05) is 6.04 Å². The van der Waals surface area contributed by atoms with E-state index in [-0.39, 0.29) is 5.41 Å². The molecule has 3 nitrogen and oxygen atoms in total. The average molecular weight is 275 g/mol. The maximum absolute atomic E-state index is 11.2. The summed E-state index contributed by atoms with van der Waals surface area (Å²) in [5.74, 6) is -0.722. The van der Waals surface area contributed by atoms with Crippen LogP contribution in [0.25, 0.3) is 0 Å². The Hall–Kier alpha value is -1.35. The minimum atomic E-state index is -0.722. The Balaban J connectivity index is 2.00. The summed E-state index contributed by atoms with van der Waals surface area (Å²) in [6, 6.07) is 10.5. The third kappa shape index (κ3) is 3.40. The van der Waals surface area contributed by atoms with Crippen LogP contribution in [0.15, 0.2) is 30.3 Å². The van der Waals surface area contributed by atoms with E-state index in [1.165, 1.54) is 5.56 Å². The summed E-state index contributed by atoms with van der Waals surface area (Å²) in [7, 11) is 0. The molecule has 2 N–H and O–H groups in total. The second-order valence-corrected chi connectivity index (χ2v) is 6.21. The van der Waals surface area contributed by atoms with Gasteiger partial charge in [-0.3, -0.25) is 4.79 Å². The van der Waals surface area contributed by atoms with Crippen LogP contribution in [0.2, 0.25) is 0 Å². The van der Waals surface area contributed by atoms with E-state index in [1.807, 2.05) is 13.0 Å². The summed E-state index contributed by atoms with van der Waals surface area (Å²) < 4.78 is 0. The summed E-state index contributed by atoms with van der Waals surface area (Å²) in [6.07, 6.45) is 4.79. The standard InChI is InChI=1S/C17H25NO2/c1-3-7-15(16(19)20)18-14-10-11-17(2,12-14)13-8-5-4-6-9-13/h4-6,8-9,14-15,18H,3,7,10-12H2,1-2H3,(H,19,20). The first-order chi connectivity index (χ1) is 9.55. The van der Waals surface area contributed by atoms with Crippen LogP contribution in [-0.4, -0.2) is 23.2 Å². The Morgan fingerprint density at radius 3 is 2.75 bits per heavy atom. The molecule has 1 fully saturated rings. The molecule has 3 heteroatoms. The van der Waals surface area contributed by atoms with Crippen molar-refractivity contribution >= 4 is 5.97 Å². The number of carboxylic acid groups (broad SMARTS) is 1. The van der Waals surface area contributed by atoms with E-state index in [9.17, 15) is 9.90 Å². The monoisotopic (exact) mass is 275 g/mol. The number of rotatable bonds is 6. The normalized spacial score (nSPS) is 27.4. The molecule has 0 saturated heterocycles. The molecule has 3 unspecified atom stereocenters. The zero-order chi connectivity index (χ0) is 14.6. The van der Waals surface area contributed by atoms with Crippen molar-refractivity contribution < 1.29 is 9.90 Å². The number of carboxylic acids is 1. The molecule has 0 aromatic heterocycles. The molecule has 1 aliphatic rings. The van der Waals surface area contributed by atoms with Crippen LogP contribution in [-0.2, 0) is 10.2 Å².